The molecule has 3 heteroatoms. The minimum absolute atomic E-state index is 0.712. The summed E-state index contributed by atoms with van der Waals surface area (Å²) in [6.45, 7) is 4.50. The van der Waals surface area contributed by atoms with Crippen LogP contribution in [0, 0.1) is 0 Å². The van der Waals surface area contributed by atoms with E-state index >= 15 is 0 Å². The van der Waals surface area contributed by atoms with Crippen LogP contribution in [-0.4, -0.2) is 9.97 Å². The highest BCUT2D eigenvalue weighted by molar-refractivity contribution is 5.94. The lowest BCUT2D eigenvalue weighted by molar-refractivity contribution is 1.12. The van der Waals surface area contributed by atoms with Gasteiger partial charge in [-0.3, -0.25) is 0 Å². The maximum atomic E-state index is 5.13. The highest BCUT2D eigenvalue weighted by Gasteiger charge is 2.22. The monoisotopic (exact) mass is 631 g/mol. The summed E-state index contributed by atoms with van der Waals surface area (Å²) in [7, 11) is 0. The number of hydrogen-bond acceptors (Lipinski definition) is 3. The molecular weight excluding hydrogens is 595 g/mol. The smallest absolute Gasteiger partial charge is 0.160 e. The third-order valence-electron chi connectivity index (χ3n) is 9.45. The lowest BCUT2D eigenvalue weighted by Gasteiger charge is -2.26. The summed E-state index contributed by atoms with van der Waals surface area (Å²) in [5.41, 5.74) is 16.1. The zero-order valence-electron chi connectivity index (χ0n) is 27.8. The topological polar surface area (TPSA) is 29.0 Å². The van der Waals surface area contributed by atoms with E-state index in [1.54, 1.807) is 0 Å². The van der Waals surface area contributed by atoms with Gasteiger partial charge in [0.25, 0.3) is 0 Å². The molecule has 0 aliphatic carbocycles. The van der Waals surface area contributed by atoms with E-state index in [0.717, 1.165) is 52.3 Å². The van der Waals surface area contributed by atoms with Crippen molar-refractivity contribution >= 4 is 17.5 Å². The van der Waals surface area contributed by atoms with Gasteiger partial charge in [-0.15, -0.1) is 0 Å². The van der Waals surface area contributed by atoms with Gasteiger partial charge in [0, 0.05) is 34.1 Å². The molecule has 0 saturated heterocycles. The molecule has 0 N–H and O–H groups in total. The first-order chi connectivity index (χ1) is 24.2. The molecule has 1 aliphatic rings. The molecule has 0 fully saturated rings. The summed E-state index contributed by atoms with van der Waals surface area (Å²) >= 11 is 0. The van der Waals surface area contributed by atoms with Crippen LogP contribution in [0.4, 0.5) is 11.4 Å². The van der Waals surface area contributed by atoms with Crippen LogP contribution in [0.5, 0.6) is 0 Å². The first-order valence-corrected chi connectivity index (χ1v) is 17.1. The molecule has 49 heavy (non-hydrogen) atoms. The molecule has 0 spiro atoms. The van der Waals surface area contributed by atoms with Crippen LogP contribution in [0.25, 0.3) is 62.2 Å². The van der Waals surface area contributed by atoms with Gasteiger partial charge < -0.3 is 4.90 Å². The summed E-state index contributed by atoms with van der Waals surface area (Å²) in [5.74, 6) is 0.712. The van der Waals surface area contributed by atoms with E-state index < -0.39 is 0 Å². The summed E-state index contributed by atoms with van der Waals surface area (Å²) < 4.78 is 0. The number of fused-ring (bicyclic) bond motifs is 3. The van der Waals surface area contributed by atoms with Crippen LogP contribution in [0.15, 0.2) is 158 Å². The largest absolute Gasteiger partial charge is 0.316 e. The van der Waals surface area contributed by atoms with Gasteiger partial charge in [-0.25, -0.2) is 9.97 Å². The number of nitrogens with zero attached hydrogens (tertiary/aromatic N) is 3. The van der Waals surface area contributed by atoms with Crippen LogP contribution in [0.2, 0.25) is 0 Å². The van der Waals surface area contributed by atoms with Crippen LogP contribution in [-0.2, 0) is 12.8 Å². The molecule has 1 aliphatic heterocycles. The first kappa shape index (κ1) is 30.3. The Kier molecular flexibility index (Phi) is 8.17. The van der Waals surface area contributed by atoms with Gasteiger partial charge in [-0.05, 0) is 82.6 Å². The van der Waals surface area contributed by atoms with Crippen molar-refractivity contribution < 1.29 is 0 Å². The molecule has 0 atom stereocenters. The van der Waals surface area contributed by atoms with Gasteiger partial charge in [0.15, 0.2) is 5.82 Å². The second kappa shape index (κ2) is 13.2. The van der Waals surface area contributed by atoms with Gasteiger partial charge in [0.05, 0.1) is 17.1 Å². The van der Waals surface area contributed by atoms with Gasteiger partial charge >= 0.3 is 0 Å². The van der Waals surface area contributed by atoms with Crippen molar-refractivity contribution in [2.24, 2.45) is 0 Å². The Bertz CT molecular complexity index is 2250. The van der Waals surface area contributed by atoms with Gasteiger partial charge in [0.1, 0.15) is 0 Å². The maximum Gasteiger partial charge on any atom is 0.160 e. The highest BCUT2D eigenvalue weighted by Crippen LogP contribution is 2.45. The van der Waals surface area contributed by atoms with Crippen molar-refractivity contribution in [3.05, 3.63) is 175 Å². The fourth-order valence-corrected chi connectivity index (χ4v) is 6.91. The van der Waals surface area contributed by atoms with Crippen molar-refractivity contribution in [3.8, 4) is 56.2 Å². The molecule has 0 saturated carbocycles. The first-order valence-electron chi connectivity index (χ1n) is 17.1. The van der Waals surface area contributed by atoms with E-state index in [1.165, 1.54) is 38.9 Å². The maximum absolute atomic E-state index is 5.13. The van der Waals surface area contributed by atoms with Crippen LogP contribution in [0.1, 0.15) is 30.5 Å². The Hall–Kier alpha value is -6.06. The van der Waals surface area contributed by atoms with E-state index in [9.17, 15) is 0 Å². The zero-order chi connectivity index (χ0) is 33.2. The number of benzene rings is 6. The minimum atomic E-state index is 0.712. The van der Waals surface area contributed by atoms with Gasteiger partial charge in [-0.2, -0.15) is 0 Å². The standard InChI is InChI=1S/C46H37N3/c1-3-32-16-11-13-24-39(32)41-30-45-42(29-33(41)4-2)40-25-14-12-17-34(40)26-27-49(45)38-23-15-22-37(28-38)44-31-43(35-18-7-5-8-19-35)47-46(48-44)36-20-9-6-10-21-36/h5-31H,3-4H2,1-2H3. The van der Waals surface area contributed by atoms with Crippen molar-refractivity contribution in [1.29, 1.82) is 0 Å². The van der Waals surface area contributed by atoms with Crippen LogP contribution < -0.4 is 4.90 Å². The molecule has 2 heterocycles. The summed E-state index contributed by atoms with van der Waals surface area (Å²) in [6, 6.07) is 53.8. The predicted molar refractivity (Wildman–Crippen MR) is 206 cm³/mol. The Morgan fingerprint density at radius 2 is 1.10 bits per heavy atom. The fraction of sp³-hybridized carbons (Fsp3) is 0.0870. The average Bonchev–Trinajstić information content (AvgIpc) is 3.34. The molecule has 236 valence electrons. The number of aromatic nitrogens is 2. The fourth-order valence-electron chi connectivity index (χ4n) is 6.91. The third kappa shape index (κ3) is 5.85. The zero-order valence-corrected chi connectivity index (χ0v) is 27.8. The van der Waals surface area contributed by atoms with Crippen molar-refractivity contribution in [2.45, 2.75) is 26.7 Å². The van der Waals surface area contributed by atoms with E-state index in [4.69, 9.17) is 9.97 Å². The second-order valence-corrected chi connectivity index (χ2v) is 12.4. The molecule has 0 unspecified atom stereocenters. The Morgan fingerprint density at radius 1 is 0.469 bits per heavy atom. The molecule has 1 aromatic heterocycles. The Morgan fingerprint density at radius 3 is 1.86 bits per heavy atom. The van der Waals surface area contributed by atoms with E-state index in [0.29, 0.717) is 5.82 Å². The predicted octanol–water partition coefficient (Wildman–Crippen LogP) is 12.1. The second-order valence-electron chi connectivity index (χ2n) is 12.4. The Balaban J connectivity index is 1.31. The molecule has 0 bridgehead atoms. The lowest BCUT2D eigenvalue weighted by atomic mass is 9.88. The van der Waals surface area contributed by atoms with Gasteiger partial charge in [-0.1, -0.05) is 135 Å². The normalized spacial score (nSPS) is 11.9. The molecule has 8 rings (SSSR count). The Labute approximate surface area is 288 Å². The summed E-state index contributed by atoms with van der Waals surface area (Å²) in [5, 5.41) is 0. The average molecular weight is 632 g/mol. The number of anilines is 2. The lowest BCUT2D eigenvalue weighted by Crippen LogP contribution is -2.10. The van der Waals surface area contributed by atoms with Crippen molar-refractivity contribution in [1.82, 2.24) is 9.97 Å². The van der Waals surface area contributed by atoms with E-state index in [-0.39, 0.29) is 0 Å². The van der Waals surface area contributed by atoms with E-state index in [1.807, 2.05) is 24.3 Å². The molecule has 6 aromatic carbocycles. The summed E-state index contributed by atoms with van der Waals surface area (Å²) in [6.07, 6.45) is 6.39. The number of hydrogen-bond donors (Lipinski definition) is 0. The molecular formula is C46H37N3. The van der Waals surface area contributed by atoms with Crippen LogP contribution in [0.3, 0.4) is 0 Å². The van der Waals surface area contributed by atoms with Crippen LogP contribution >= 0.6 is 0 Å². The molecule has 7 aromatic rings. The summed E-state index contributed by atoms with van der Waals surface area (Å²) in [4.78, 5) is 12.5. The van der Waals surface area contributed by atoms with Crippen molar-refractivity contribution in [2.75, 3.05) is 4.90 Å². The highest BCUT2D eigenvalue weighted by atomic mass is 15.1. The van der Waals surface area contributed by atoms with Crippen molar-refractivity contribution in [3.63, 3.8) is 0 Å². The molecule has 0 radical (unpaired) electrons. The third-order valence-corrected chi connectivity index (χ3v) is 9.45. The minimum Gasteiger partial charge on any atom is -0.316 e. The molecule has 0 amide bonds. The SMILES string of the molecule is CCc1ccccc1-c1cc2c(cc1CC)-c1ccccc1C=CN2c1cccc(-c2cc(-c3ccccc3)nc(-c3ccccc3)n2)c1. The van der Waals surface area contributed by atoms with E-state index in [2.05, 4.69) is 158 Å². The molecule has 3 nitrogen and oxygen atoms in total. The number of rotatable bonds is 7. The van der Waals surface area contributed by atoms with Gasteiger partial charge in [0.2, 0.25) is 0 Å². The number of aryl methyl sites for hydroxylation is 2. The quantitative estimate of drug-likeness (QED) is 0.175.